The molecule has 0 saturated carbocycles. The summed E-state index contributed by atoms with van der Waals surface area (Å²) in [4.78, 5) is 34.3. The fourth-order valence-electron chi connectivity index (χ4n) is 1.97. The molecule has 0 fully saturated rings. The molecule has 0 aliphatic heterocycles. The average molecular weight is 365 g/mol. The molecule has 0 aromatic heterocycles. The maximum atomic E-state index is 11.7. The highest BCUT2D eigenvalue weighted by atomic mass is 16.6. The van der Waals surface area contributed by atoms with E-state index in [0.29, 0.717) is 6.42 Å². The van der Waals surface area contributed by atoms with Gasteiger partial charge in [-0.1, -0.05) is 30.3 Å². The van der Waals surface area contributed by atoms with Gasteiger partial charge in [0, 0.05) is 6.54 Å². The molecular weight excluding hydrogens is 340 g/mol. The molecule has 0 aliphatic carbocycles. The fraction of sp³-hybridized carbons (Fsp3) is 0.500. The van der Waals surface area contributed by atoms with Crippen molar-refractivity contribution in [1.82, 2.24) is 10.6 Å². The number of carbonyl (C=O) groups is 3. The zero-order chi connectivity index (χ0) is 19.6. The number of rotatable bonds is 8. The normalized spacial score (nSPS) is 12.0. The van der Waals surface area contributed by atoms with E-state index in [9.17, 15) is 19.5 Å². The molecule has 0 unspecified atom stereocenters. The number of carboxylic acids is 1. The lowest BCUT2D eigenvalue weighted by Crippen LogP contribution is -2.48. The van der Waals surface area contributed by atoms with Crippen LogP contribution in [0, 0.1) is 0 Å². The summed E-state index contributed by atoms with van der Waals surface area (Å²) >= 11 is 0. The van der Waals surface area contributed by atoms with Crippen LogP contribution in [0.4, 0.5) is 9.59 Å². The molecule has 1 atom stereocenters. The van der Waals surface area contributed by atoms with E-state index in [2.05, 4.69) is 10.6 Å². The third-order valence-electron chi connectivity index (χ3n) is 3.13. The van der Waals surface area contributed by atoms with Crippen molar-refractivity contribution in [2.24, 2.45) is 0 Å². The number of benzene rings is 1. The number of amides is 2. The van der Waals surface area contributed by atoms with Gasteiger partial charge in [-0.2, -0.15) is 0 Å². The van der Waals surface area contributed by atoms with Crippen molar-refractivity contribution in [2.45, 2.75) is 51.9 Å². The van der Waals surface area contributed by atoms with Crippen LogP contribution in [0.3, 0.4) is 0 Å². The number of hydrogen-bond acceptors (Lipinski definition) is 6. The second kappa shape index (κ2) is 10.3. The molecule has 8 nitrogen and oxygen atoms in total. The molecule has 2 N–H and O–H groups in total. The van der Waals surface area contributed by atoms with E-state index in [-0.39, 0.29) is 19.6 Å². The van der Waals surface area contributed by atoms with Crippen LogP contribution in [0.5, 0.6) is 0 Å². The Morgan fingerprint density at radius 1 is 1.12 bits per heavy atom. The van der Waals surface area contributed by atoms with Crippen molar-refractivity contribution in [2.75, 3.05) is 6.54 Å². The van der Waals surface area contributed by atoms with Crippen molar-refractivity contribution in [3.63, 3.8) is 0 Å². The Kier molecular flexibility index (Phi) is 8.41. The Morgan fingerprint density at radius 2 is 1.77 bits per heavy atom. The maximum absolute atomic E-state index is 11.7. The largest absolute Gasteiger partial charge is 0.548 e. The number of carbonyl (C=O) groups excluding carboxylic acids is 3. The second-order valence-electron chi connectivity index (χ2n) is 6.65. The van der Waals surface area contributed by atoms with Crippen LogP contribution in [0.2, 0.25) is 0 Å². The molecule has 2 amide bonds. The summed E-state index contributed by atoms with van der Waals surface area (Å²) in [6, 6.07) is 7.80. The molecule has 144 valence electrons. The number of hydrogen-bond donors (Lipinski definition) is 2. The van der Waals surface area contributed by atoms with Crippen LogP contribution in [-0.2, 0) is 20.9 Å². The van der Waals surface area contributed by atoms with Crippen LogP contribution >= 0.6 is 0 Å². The Bertz CT molecular complexity index is 597. The highest BCUT2D eigenvalue weighted by molar-refractivity contribution is 5.78. The summed E-state index contributed by atoms with van der Waals surface area (Å²) in [6.45, 7) is 5.46. The average Bonchev–Trinajstić information content (AvgIpc) is 2.55. The first kappa shape index (κ1) is 21.3. The monoisotopic (exact) mass is 365 g/mol. The molecule has 1 aromatic rings. The molecule has 0 saturated heterocycles. The Hall–Kier alpha value is -2.77. The van der Waals surface area contributed by atoms with Crippen LogP contribution in [0.15, 0.2) is 30.3 Å². The molecule has 0 spiro atoms. The van der Waals surface area contributed by atoms with Crippen LogP contribution in [-0.4, -0.2) is 36.3 Å². The van der Waals surface area contributed by atoms with Crippen molar-refractivity contribution in [3.8, 4) is 0 Å². The van der Waals surface area contributed by atoms with Gasteiger partial charge in [0.2, 0.25) is 0 Å². The van der Waals surface area contributed by atoms with Crippen molar-refractivity contribution in [3.05, 3.63) is 35.9 Å². The first-order valence-corrected chi connectivity index (χ1v) is 8.32. The first-order chi connectivity index (χ1) is 12.2. The molecule has 1 rings (SSSR count). The summed E-state index contributed by atoms with van der Waals surface area (Å²) in [5.41, 5.74) is 0.177. The highest BCUT2D eigenvalue weighted by Gasteiger charge is 2.17. The SMILES string of the molecule is CC(C)(C)OC(=O)NCCC[C@@H](NC(=O)OCc1ccccc1)C(=O)[O-]. The molecule has 1 aromatic carbocycles. The lowest BCUT2D eigenvalue weighted by Gasteiger charge is -2.21. The maximum Gasteiger partial charge on any atom is 0.407 e. The molecule has 0 radical (unpaired) electrons. The number of alkyl carbamates (subject to hydrolysis) is 2. The standard InChI is InChI=1S/C18H26N2O6/c1-18(2,3)26-16(23)19-11-7-10-14(15(21)22)20-17(24)25-12-13-8-5-4-6-9-13/h4-6,8-9,14H,7,10-12H2,1-3H3,(H,19,23)(H,20,24)(H,21,22)/p-1/t14-/m1/s1. The topological polar surface area (TPSA) is 117 Å². The van der Waals surface area contributed by atoms with Gasteiger partial charge in [0.25, 0.3) is 0 Å². The zero-order valence-electron chi connectivity index (χ0n) is 15.2. The minimum atomic E-state index is -1.42. The van der Waals surface area contributed by atoms with Crippen LogP contribution in [0.25, 0.3) is 0 Å². The van der Waals surface area contributed by atoms with Gasteiger partial charge in [-0.05, 0) is 39.2 Å². The number of carboxylic acid groups (broad SMARTS) is 1. The fourth-order valence-corrected chi connectivity index (χ4v) is 1.97. The van der Waals surface area contributed by atoms with E-state index in [1.54, 1.807) is 45.0 Å². The van der Waals surface area contributed by atoms with Gasteiger partial charge in [0.15, 0.2) is 0 Å². The third-order valence-corrected chi connectivity index (χ3v) is 3.13. The summed E-state index contributed by atoms with van der Waals surface area (Å²) in [7, 11) is 0. The Morgan fingerprint density at radius 3 is 2.35 bits per heavy atom. The first-order valence-electron chi connectivity index (χ1n) is 8.32. The molecule has 26 heavy (non-hydrogen) atoms. The van der Waals surface area contributed by atoms with Gasteiger partial charge in [0.1, 0.15) is 12.2 Å². The van der Waals surface area contributed by atoms with Gasteiger partial charge in [-0.3, -0.25) is 0 Å². The number of ether oxygens (including phenoxy) is 2. The summed E-state index contributed by atoms with van der Waals surface area (Å²) in [5.74, 6) is -1.42. The Balaban J connectivity index is 2.31. The summed E-state index contributed by atoms with van der Waals surface area (Å²) in [6.07, 6.45) is -1.03. The molecule has 0 bridgehead atoms. The van der Waals surface area contributed by atoms with Gasteiger partial charge in [0.05, 0.1) is 12.0 Å². The van der Waals surface area contributed by atoms with Crippen LogP contribution in [0.1, 0.15) is 39.2 Å². The minimum absolute atomic E-state index is 0.0344. The van der Waals surface area contributed by atoms with Crippen molar-refractivity contribution < 1.29 is 29.0 Å². The van der Waals surface area contributed by atoms with E-state index in [1.165, 1.54) is 0 Å². The van der Waals surface area contributed by atoms with E-state index < -0.39 is 29.8 Å². The minimum Gasteiger partial charge on any atom is -0.548 e. The highest BCUT2D eigenvalue weighted by Crippen LogP contribution is 2.06. The van der Waals surface area contributed by atoms with Gasteiger partial charge in [-0.25, -0.2) is 9.59 Å². The molecular formula is C18H25N2O6-. The number of nitrogens with one attached hydrogen (secondary N) is 2. The molecule has 8 heteroatoms. The lowest BCUT2D eigenvalue weighted by atomic mass is 10.1. The predicted molar refractivity (Wildman–Crippen MR) is 92.0 cm³/mol. The lowest BCUT2D eigenvalue weighted by molar-refractivity contribution is -0.308. The quantitative estimate of drug-likeness (QED) is 0.671. The zero-order valence-corrected chi connectivity index (χ0v) is 15.2. The third kappa shape index (κ3) is 9.51. The summed E-state index contributed by atoms with van der Waals surface area (Å²) in [5, 5.41) is 15.9. The van der Waals surface area contributed by atoms with E-state index >= 15 is 0 Å². The van der Waals surface area contributed by atoms with Gasteiger partial charge >= 0.3 is 12.2 Å². The van der Waals surface area contributed by atoms with Gasteiger partial charge in [-0.15, -0.1) is 0 Å². The second-order valence-corrected chi connectivity index (χ2v) is 6.65. The Labute approximate surface area is 152 Å². The molecule has 0 heterocycles. The van der Waals surface area contributed by atoms with E-state index in [1.807, 2.05) is 6.07 Å². The van der Waals surface area contributed by atoms with Crippen LogP contribution < -0.4 is 15.7 Å². The molecule has 0 aliphatic rings. The summed E-state index contributed by atoms with van der Waals surface area (Å²) < 4.78 is 10.0. The van der Waals surface area contributed by atoms with Crippen molar-refractivity contribution in [1.29, 1.82) is 0 Å². The smallest absolute Gasteiger partial charge is 0.407 e. The van der Waals surface area contributed by atoms with E-state index in [0.717, 1.165) is 5.56 Å². The predicted octanol–water partition coefficient (Wildman–Crippen LogP) is 1.34. The van der Waals surface area contributed by atoms with Gasteiger partial charge < -0.3 is 30.0 Å². The van der Waals surface area contributed by atoms with Crippen molar-refractivity contribution >= 4 is 18.2 Å². The van der Waals surface area contributed by atoms with E-state index in [4.69, 9.17) is 9.47 Å². The number of aliphatic carboxylic acids is 1.